The van der Waals surface area contributed by atoms with Crippen LogP contribution < -0.4 is 10.6 Å². The third-order valence-electron chi connectivity index (χ3n) is 4.37. The molecule has 0 fully saturated rings. The van der Waals surface area contributed by atoms with Crippen molar-refractivity contribution in [2.75, 3.05) is 10.6 Å². The van der Waals surface area contributed by atoms with Gasteiger partial charge in [-0.3, -0.25) is 14.9 Å². The topological polar surface area (TPSA) is 128 Å². The average molecular weight is 377 g/mol. The van der Waals surface area contributed by atoms with Crippen LogP contribution in [0.15, 0.2) is 66.3 Å². The predicted molar refractivity (Wildman–Crippen MR) is 100 cm³/mol. The summed E-state index contributed by atoms with van der Waals surface area (Å²) in [5.41, 5.74) is 1.05. The van der Waals surface area contributed by atoms with Crippen molar-refractivity contribution in [3.05, 3.63) is 81.9 Å². The monoisotopic (exact) mass is 377 g/mol. The van der Waals surface area contributed by atoms with Crippen molar-refractivity contribution in [3.8, 4) is 0 Å². The number of fused-ring (bicyclic) bond motifs is 1. The van der Waals surface area contributed by atoms with Gasteiger partial charge in [0, 0.05) is 18.0 Å². The molecule has 0 saturated heterocycles. The summed E-state index contributed by atoms with van der Waals surface area (Å²) in [5.74, 6) is 0.335. The number of nitrogens with zero attached hydrogens (tertiary/aromatic N) is 5. The van der Waals surface area contributed by atoms with Crippen LogP contribution in [0.3, 0.4) is 0 Å². The lowest BCUT2D eigenvalue weighted by atomic mass is 9.94. The minimum atomic E-state index is -0.816. The fraction of sp³-hybridized carbons (Fsp3) is 0.111. The van der Waals surface area contributed by atoms with Crippen molar-refractivity contribution in [3.63, 3.8) is 0 Å². The van der Waals surface area contributed by atoms with E-state index in [1.54, 1.807) is 49.5 Å². The third-order valence-corrected chi connectivity index (χ3v) is 4.37. The van der Waals surface area contributed by atoms with Crippen molar-refractivity contribution >= 4 is 23.4 Å². The van der Waals surface area contributed by atoms with E-state index in [9.17, 15) is 14.9 Å². The Morgan fingerprint density at radius 3 is 2.75 bits per heavy atom. The summed E-state index contributed by atoms with van der Waals surface area (Å²) >= 11 is 0. The third kappa shape index (κ3) is 2.96. The average Bonchev–Trinajstić information content (AvgIpc) is 3.15. The van der Waals surface area contributed by atoms with Crippen LogP contribution in [0.25, 0.3) is 0 Å². The van der Waals surface area contributed by atoms with E-state index < -0.39 is 16.9 Å². The first kappa shape index (κ1) is 17.3. The molecule has 2 aromatic heterocycles. The molecule has 1 aliphatic rings. The number of aromatic nitrogens is 4. The Labute approximate surface area is 159 Å². The lowest BCUT2D eigenvalue weighted by molar-refractivity contribution is -0.385. The van der Waals surface area contributed by atoms with Crippen LogP contribution in [-0.4, -0.2) is 30.6 Å². The first-order valence-corrected chi connectivity index (χ1v) is 8.39. The van der Waals surface area contributed by atoms with Crippen LogP contribution in [0.1, 0.15) is 18.5 Å². The number of carbonyl (C=O) groups excluding carboxylic acids is 1. The minimum absolute atomic E-state index is 0.105. The van der Waals surface area contributed by atoms with Crippen LogP contribution >= 0.6 is 0 Å². The smallest absolute Gasteiger partial charge is 0.275 e. The summed E-state index contributed by atoms with van der Waals surface area (Å²) in [6.07, 6.45) is 2.89. The van der Waals surface area contributed by atoms with Gasteiger partial charge in [-0.15, -0.1) is 0 Å². The second-order valence-corrected chi connectivity index (χ2v) is 6.08. The van der Waals surface area contributed by atoms with Crippen LogP contribution in [-0.2, 0) is 4.79 Å². The Hall–Kier alpha value is -4.08. The van der Waals surface area contributed by atoms with Crippen molar-refractivity contribution in [2.45, 2.75) is 13.0 Å². The van der Waals surface area contributed by atoms with Gasteiger partial charge in [0.05, 0.1) is 16.1 Å². The highest BCUT2D eigenvalue weighted by molar-refractivity contribution is 6.05. The first-order valence-electron chi connectivity index (χ1n) is 8.39. The number of para-hydroxylation sites is 1. The molecule has 4 rings (SSSR count). The van der Waals surface area contributed by atoms with E-state index in [2.05, 4.69) is 25.7 Å². The molecule has 10 heteroatoms. The molecule has 1 unspecified atom stereocenters. The number of nitro benzene ring substituents is 1. The summed E-state index contributed by atoms with van der Waals surface area (Å²) in [4.78, 5) is 32.4. The van der Waals surface area contributed by atoms with Crippen LogP contribution in [0, 0.1) is 10.1 Å². The summed E-state index contributed by atoms with van der Waals surface area (Å²) in [6.45, 7) is 1.72. The maximum absolute atomic E-state index is 13.1. The molecular formula is C18H15N7O3. The zero-order valence-electron chi connectivity index (χ0n) is 14.7. The van der Waals surface area contributed by atoms with Crippen molar-refractivity contribution in [1.82, 2.24) is 19.7 Å². The van der Waals surface area contributed by atoms with Gasteiger partial charge >= 0.3 is 0 Å². The summed E-state index contributed by atoms with van der Waals surface area (Å²) < 4.78 is 1.46. The SMILES string of the molecule is CC1=C(C(=O)Nc2ccccn2)C(c2ccccc2[N+](=O)[O-])n2ncnc2N1. The largest absolute Gasteiger partial charge is 0.328 e. The van der Waals surface area contributed by atoms with Crippen LogP contribution in [0.4, 0.5) is 17.5 Å². The molecule has 140 valence electrons. The van der Waals surface area contributed by atoms with E-state index in [4.69, 9.17) is 0 Å². The zero-order valence-corrected chi connectivity index (χ0v) is 14.7. The van der Waals surface area contributed by atoms with E-state index in [1.807, 2.05) is 0 Å². The van der Waals surface area contributed by atoms with E-state index in [0.29, 0.717) is 23.0 Å². The number of anilines is 2. The molecule has 3 heterocycles. The number of benzene rings is 1. The summed E-state index contributed by atoms with van der Waals surface area (Å²) in [6, 6.07) is 10.6. The van der Waals surface area contributed by atoms with Gasteiger partial charge in [0.2, 0.25) is 5.95 Å². The molecular weight excluding hydrogens is 362 g/mol. The predicted octanol–water partition coefficient (Wildman–Crippen LogP) is 2.51. The number of pyridine rings is 1. The van der Waals surface area contributed by atoms with Crippen LogP contribution in [0.5, 0.6) is 0 Å². The molecule has 10 nitrogen and oxygen atoms in total. The molecule has 0 aliphatic carbocycles. The maximum atomic E-state index is 13.1. The van der Waals surface area contributed by atoms with Crippen LogP contribution in [0.2, 0.25) is 0 Å². The van der Waals surface area contributed by atoms with Crippen molar-refractivity contribution in [1.29, 1.82) is 0 Å². The highest BCUT2D eigenvalue weighted by atomic mass is 16.6. The molecule has 0 bridgehead atoms. The van der Waals surface area contributed by atoms with E-state index >= 15 is 0 Å². The molecule has 28 heavy (non-hydrogen) atoms. The van der Waals surface area contributed by atoms with Gasteiger partial charge in [0.1, 0.15) is 18.2 Å². The number of hydrogen-bond donors (Lipinski definition) is 2. The Morgan fingerprint density at radius 1 is 1.21 bits per heavy atom. The van der Waals surface area contributed by atoms with Gasteiger partial charge < -0.3 is 10.6 Å². The van der Waals surface area contributed by atoms with Gasteiger partial charge in [-0.05, 0) is 25.1 Å². The lowest BCUT2D eigenvalue weighted by Crippen LogP contribution is -2.32. The van der Waals surface area contributed by atoms with Gasteiger partial charge in [-0.2, -0.15) is 10.1 Å². The fourth-order valence-electron chi connectivity index (χ4n) is 3.18. The standard InChI is InChI=1S/C18H15N7O3/c1-11-15(17(26)23-14-8-4-5-9-19-14)16(24-18(22-11)20-10-21-24)12-6-2-3-7-13(12)25(27)28/h2-10,16H,1H3,(H,19,23,26)(H,20,21,22). The Morgan fingerprint density at radius 2 is 2.00 bits per heavy atom. The second-order valence-electron chi connectivity index (χ2n) is 6.08. The van der Waals surface area contributed by atoms with Gasteiger partial charge in [-0.25, -0.2) is 9.67 Å². The number of nitro groups is 1. The number of nitrogens with one attached hydrogen (secondary N) is 2. The Kier molecular flexibility index (Phi) is 4.28. The number of rotatable bonds is 4. The molecule has 2 N–H and O–H groups in total. The first-order chi connectivity index (χ1) is 13.6. The quantitative estimate of drug-likeness (QED) is 0.528. The Balaban J connectivity index is 1.84. The normalized spacial score (nSPS) is 15.5. The molecule has 1 atom stereocenters. The Bertz CT molecular complexity index is 1090. The zero-order chi connectivity index (χ0) is 19.7. The highest BCUT2D eigenvalue weighted by Crippen LogP contribution is 2.38. The van der Waals surface area contributed by atoms with E-state index in [1.165, 1.54) is 17.1 Å². The van der Waals surface area contributed by atoms with E-state index in [-0.39, 0.29) is 11.3 Å². The number of hydrogen-bond acceptors (Lipinski definition) is 7. The molecule has 1 amide bonds. The molecule has 0 saturated carbocycles. The highest BCUT2D eigenvalue weighted by Gasteiger charge is 2.37. The number of allylic oxidation sites excluding steroid dienone is 1. The van der Waals surface area contributed by atoms with Crippen molar-refractivity contribution in [2.24, 2.45) is 0 Å². The van der Waals surface area contributed by atoms with Gasteiger partial charge in [0.15, 0.2) is 0 Å². The summed E-state index contributed by atoms with van der Waals surface area (Å²) in [5, 5.41) is 21.5. The van der Waals surface area contributed by atoms with Gasteiger partial charge in [-0.1, -0.05) is 18.2 Å². The fourth-order valence-corrected chi connectivity index (χ4v) is 3.18. The molecule has 1 aromatic carbocycles. The second kappa shape index (κ2) is 6.91. The number of amides is 1. The summed E-state index contributed by atoms with van der Waals surface area (Å²) in [7, 11) is 0. The van der Waals surface area contributed by atoms with Gasteiger partial charge in [0.25, 0.3) is 11.6 Å². The van der Waals surface area contributed by atoms with E-state index in [0.717, 1.165) is 0 Å². The molecule has 3 aromatic rings. The molecule has 0 radical (unpaired) electrons. The lowest BCUT2D eigenvalue weighted by Gasteiger charge is -2.28. The number of carbonyl (C=O) groups is 1. The molecule has 0 spiro atoms. The molecule has 1 aliphatic heterocycles. The maximum Gasteiger partial charge on any atom is 0.275 e. The van der Waals surface area contributed by atoms with Crippen molar-refractivity contribution < 1.29 is 9.72 Å². The minimum Gasteiger partial charge on any atom is -0.328 e.